The Labute approximate surface area is 137 Å². The van der Waals surface area contributed by atoms with Crippen molar-refractivity contribution in [2.24, 2.45) is 0 Å². The van der Waals surface area contributed by atoms with Crippen LogP contribution in [0.15, 0.2) is 71.4 Å². The fourth-order valence-corrected chi connectivity index (χ4v) is 2.70. The van der Waals surface area contributed by atoms with Gasteiger partial charge in [0, 0.05) is 5.56 Å². The summed E-state index contributed by atoms with van der Waals surface area (Å²) in [4.78, 5) is 28.1. The van der Waals surface area contributed by atoms with Crippen molar-refractivity contribution in [1.82, 2.24) is 9.55 Å². The van der Waals surface area contributed by atoms with Gasteiger partial charge in [0.15, 0.2) is 12.0 Å². The first-order valence-electron chi connectivity index (χ1n) is 7.39. The monoisotopic (exact) mass is 316 g/mol. The number of aldehydes is 1. The van der Waals surface area contributed by atoms with Crippen LogP contribution < -0.4 is 0 Å². The van der Waals surface area contributed by atoms with Crippen LogP contribution in [0, 0.1) is 0 Å². The summed E-state index contributed by atoms with van der Waals surface area (Å²) >= 11 is 0. The summed E-state index contributed by atoms with van der Waals surface area (Å²) < 4.78 is 6.98. The molecule has 0 bridgehead atoms. The molecule has 5 heteroatoms. The first-order valence-corrected chi connectivity index (χ1v) is 7.39. The molecule has 0 fully saturated rings. The van der Waals surface area contributed by atoms with Crippen molar-refractivity contribution in [1.29, 1.82) is 0 Å². The summed E-state index contributed by atoms with van der Waals surface area (Å²) in [5, 5.41) is 0. The first-order chi connectivity index (χ1) is 11.8. The van der Waals surface area contributed by atoms with Crippen LogP contribution in [0.2, 0.25) is 0 Å². The van der Waals surface area contributed by atoms with E-state index in [9.17, 15) is 9.59 Å². The van der Waals surface area contributed by atoms with Gasteiger partial charge in [0.05, 0.1) is 16.6 Å². The molecule has 24 heavy (non-hydrogen) atoms. The molecule has 0 aliphatic heterocycles. The van der Waals surface area contributed by atoms with Crippen LogP contribution in [0.3, 0.4) is 0 Å². The van der Waals surface area contributed by atoms with Crippen LogP contribution in [0.4, 0.5) is 0 Å². The minimum absolute atomic E-state index is 0.205. The topological polar surface area (TPSA) is 65.1 Å². The van der Waals surface area contributed by atoms with Crippen LogP contribution in [0.1, 0.15) is 20.9 Å². The van der Waals surface area contributed by atoms with Gasteiger partial charge in [-0.1, -0.05) is 30.3 Å². The Morgan fingerprint density at radius 3 is 2.62 bits per heavy atom. The number of carbonyl (C=O) groups excluding carboxylic acids is 2. The number of carbonyl (C=O) groups is 2. The van der Waals surface area contributed by atoms with E-state index < -0.39 is 0 Å². The Kier molecular flexibility index (Phi) is 3.31. The number of hydrogen-bond acceptors (Lipinski definition) is 4. The number of fused-ring (bicyclic) bond motifs is 1. The molecule has 0 unspecified atom stereocenters. The van der Waals surface area contributed by atoms with Gasteiger partial charge in [0.25, 0.3) is 5.91 Å². The second-order valence-corrected chi connectivity index (χ2v) is 5.27. The van der Waals surface area contributed by atoms with Gasteiger partial charge in [0.1, 0.15) is 12.1 Å². The molecule has 0 N–H and O–H groups in total. The molecule has 2 heterocycles. The smallest absolute Gasteiger partial charge is 0.264 e. The third-order valence-electron chi connectivity index (χ3n) is 3.84. The van der Waals surface area contributed by atoms with Gasteiger partial charge in [0.2, 0.25) is 0 Å². The Morgan fingerprint density at radius 1 is 1.00 bits per heavy atom. The standard InChI is InChI=1S/C19H12N2O3/c22-11-13-9-10-18(24-13)14-5-1-2-6-15(14)19(23)21-12-20-16-7-3-4-8-17(16)21/h1-12H. The third kappa shape index (κ3) is 2.23. The Balaban J connectivity index is 1.85. The van der Waals surface area contributed by atoms with E-state index in [4.69, 9.17) is 4.42 Å². The Bertz CT molecular complexity index is 1060. The molecule has 2 aromatic heterocycles. The Morgan fingerprint density at radius 2 is 1.79 bits per heavy atom. The lowest BCUT2D eigenvalue weighted by molar-refractivity contribution is 0.0964. The van der Waals surface area contributed by atoms with Gasteiger partial charge < -0.3 is 4.42 Å². The quantitative estimate of drug-likeness (QED) is 0.539. The molecule has 0 aliphatic carbocycles. The van der Waals surface area contributed by atoms with Crippen molar-refractivity contribution in [2.45, 2.75) is 0 Å². The number of furan rings is 1. The molecule has 0 spiro atoms. The third-order valence-corrected chi connectivity index (χ3v) is 3.84. The summed E-state index contributed by atoms with van der Waals surface area (Å²) in [5.41, 5.74) is 2.61. The highest BCUT2D eigenvalue weighted by molar-refractivity contribution is 6.05. The van der Waals surface area contributed by atoms with Crippen LogP contribution >= 0.6 is 0 Å². The van der Waals surface area contributed by atoms with Crippen molar-refractivity contribution in [3.8, 4) is 11.3 Å². The van der Waals surface area contributed by atoms with Crippen LogP contribution in [0.5, 0.6) is 0 Å². The van der Waals surface area contributed by atoms with Gasteiger partial charge in [-0.3, -0.25) is 14.2 Å². The largest absolute Gasteiger partial charge is 0.453 e. The molecule has 0 atom stereocenters. The van der Waals surface area contributed by atoms with Crippen LogP contribution in [-0.4, -0.2) is 21.7 Å². The highest BCUT2D eigenvalue weighted by Crippen LogP contribution is 2.27. The lowest BCUT2D eigenvalue weighted by Crippen LogP contribution is -2.11. The van der Waals surface area contributed by atoms with Crippen LogP contribution in [-0.2, 0) is 0 Å². The zero-order valence-electron chi connectivity index (χ0n) is 12.5. The number of imidazole rings is 1. The summed E-state index contributed by atoms with van der Waals surface area (Å²) in [6.45, 7) is 0. The molecule has 4 rings (SSSR count). The maximum absolute atomic E-state index is 13.0. The van der Waals surface area contributed by atoms with E-state index >= 15 is 0 Å². The molecule has 116 valence electrons. The molecule has 0 saturated carbocycles. The highest BCUT2D eigenvalue weighted by atomic mass is 16.3. The number of para-hydroxylation sites is 2. The average Bonchev–Trinajstić information content (AvgIpc) is 3.28. The fourth-order valence-electron chi connectivity index (χ4n) is 2.70. The van der Waals surface area contributed by atoms with Crippen molar-refractivity contribution in [3.05, 3.63) is 78.3 Å². The van der Waals surface area contributed by atoms with E-state index in [0.717, 1.165) is 11.0 Å². The second kappa shape index (κ2) is 5.62. The summed E-state index contributed by atoms with van der Waals surface area (Å²) in [7, 11) is 0. The number of rotatable bonds is 3. The highest BCUT2D eigenvalue weighted by Gasteiger charge is 2.18. The summed E-state index contributed by atoms with van der Waals surface area (Å²) in [6.07, 6.45) is 2.15. The van der Waals surface area contributed by atoms with E-state index in [-0.39, 0.29) is 11.7 Å². The summed E-state index contributed by atoms with van der Waals surface area (Å²) in [6, 6.07) is 17.8. The van der Waals surface area contributed by atoms with Gasteiger partial charge in [-0.25, -0.2) is 4.98 Å². The molecule has 5 nitrogen and oxygen atoms in total. The zero-order valence-corrected chi connectivity index (χ0v) is 12.5. The fraction of sp³-hybridized carbons (Fsp3) is 0. The SMILES string of the molecule is O=Cc1ccc(-c2ccccc2C(=O)n2cnc3ccccc32)o1. The van der Waals surface area contributed by atoms with Crippen molar-refractivity contribution in [2.75, 3.05) is 0 Å². The maximum Gasteiger partial charge on any atom is 0.264 e. The number of hydrogen-bond donors (Lipinski definition) is 0. The molecule has 2 aromatic carbocycles. The minimum Gasteiger partial charge on any atom is -0.453 e. The van der Waals surface area contributed by atoms with Crippen molar-refractivity contribution in [3.63, 3.8) is 0 Å². The lowest BCUT2D eigenvalue weighted by Gasteiger charge is -2.07. The van der Waals surface area contributed by atoms with Gasteiger partial charge in [-0.05, 0) is 30.3 Å². The predicted octanol–water partition coefficient (Wildman–Crippen LogP) is 3.80. The van der Waals surface area contributed by atoms with Crippen molar-refractivity contribution < 1.29 is 14.0 Å². The van der Waals surface area contributed by atoms with Gasteiger partial charge >= 0.3 is 0 Å². The maximum atomic E-state index is 13.0. The summed E-state index contributed by atoms with van der Waals surface area (Å²) in [5.74, 6) is 0.495. The normalized spacial score (nSPS) is 10.8. The first kappa shape index (κ1) is 14.1. The lowest BCUT2D eigenvalue weighted by atomic mass is 10.0. The second-order valence-electron chi connectivity index (χ2n) is 5.27. The molecule has 0 saturated heterocycles. The number of benzene rings is 2. The molecule has 0 radical (unpaired) electrons. The van der Waals surface area contributed by atoms with E-state index in [2.05, 4.69) is 4.98 Å². The average molecular weight is 316 g/mol. The molecule has 4 aromatic rings. The van der Waals surface area contributed by atoms with Gasteiger partial charge in [-0.2, -0.15) is 0 Å². The zero-order chi connectivity index (χ0) is 16.5. The van der Waals surface area contributed by atoms with Crippen LogP contribution in [0.25, 0.3) is 22.4 Å². The number of nitrogens with zero attached hydrogens (tertiary/aromatic N) is 2. The van der Waals surface area contributed by atoms with E-state index in [1.807, 2.05) is 30.3 Å². The molecular formula is C19H12N2O3. The predicted molar refractivity (Wildman–Crippen MR) is 89.0 cm³/mol. The van der Waals surface area contributed by atoms with E-state index in [0.29, 0.717) is 23.2 Å². The van der Waals surface area contributed by atoms with Crippen molar-refractivity contribution >= 4 is 23.2 Å². The van der Waals surface area contributed by atoms with E-state index in [1.54, 1.807) is 30.3 Å². The van der Waals surface area contributed by atoms with Gasteiger partial charge in [-0.15, -0.1) is 0 Å². The van der Waals surface area contributed by atoms with E-state index in [1.165, 1.54) is 10.9 Å². The molecule has 0 amide bonds. The molecular weight excluding hydrogens is 304 g/mol. The Hall–Kier alpha value is -3.47. The minimum atomic E-state index is -0.205. The number of aromatic nitrogens is 2. The molecule has 0 aliphatic rings.